The molecule has 0 unspecified atom stereocenters. The lowest BCUT2D eigenvalue weighted by Crippen LogP contribution is -1.82. The maximum Gasteiger partial charge on any atom is 0.162 e. The van der Waals surface area contributed by atoms with Gasteiger partial charge >= 0.3 is 0 Å². The van der Waals surface area contributed by atoms with Crippen LogP contribution >= 0.6 is 11.3 Å². The zero-order valence-electron chi connectivity index (χ0n) is 12.6. The fourth-order valence-corrected chi connectivity index (χ4v) is 3.00. The minimum absolute atomic E-state index is 0.101. The van der Waals surface area contributed by atoms with Crippen LogP contribution in [0.25, 0.3) is 22.4 Å². The average molecular weight is 324 g/mol. The largest absolute Gasteiger partial charge is 0.504 e. The number of thiazole rings is 1. The normalized spacial score (nSPS) is 11.7. The van der Waals surface area contributed by atoms with Crippen molar-refractivity contribution in [3.05, 3.63) is 59.1 Å². The van der Waals surface area contributed by atoms with Gasteiger partial charge in [0.2, 0.25) is 0 Å². The number of allylic oxidation sites excluding steroid dienone is 2. The molecule has 0 fully saturated rings. The number of rotatable bonds is 4. The van der Waals surface area contributed by atoms with Crippen molar-refractivity contribution in [1.82, 2.24) is 4.98 Å². The number of benzene rings is 2. The Balaban J connectivity index is 1.77. The van der Waals surface area contributed by atoms with E-state index in [1.54, 1.807) is 23.5 Å². The highest BCUT2D eigenvalue weighted by molar-refractivity contribution is 7.19. The van der Waals surface area contributed by atoms with E-state index < -0.39 is 0 Å². The molecule has 5 heteroatoms. The number of hydrogen-bond donors (Lipinski definition) is 2. The van der Waals surface area contributed by atoms with Gasteiger partial charge in [-0.25, -0.2) is 4.98 Å². The number of nitrogens with zero attached hydrogens (tertiary/aromatic N) is 1. The predicted octanol–water partition coefficient (Wildman–Crippen LogP) is 4.32. The highest BCUT2D eigenvalue weighted by Gasteiger charge is 2.07. The third-order valence-electron chi connectivity index (χ3n) is 3.28. The molecule has 0 aliphatic carbocycles. The predicted molar refractivity (Wildman–Crippen MR) is 96.8 cm³/mol. The first-order chi connectivity index (χ1) is 11.2. The number of phenolic OH excluding ortho intramolecular Hbond substituents is 1. The second kappa shape index (κ2) is 6.54. The van der Waals surface area contributed by atoms with Gasteiger partial charge in [0.05, 0.1) is 17.3 Å². The summed E-state index contributed by atoms with van der Waals surface area (Å²) >= 11 is 1.54. The average Bonchev–Trinajstić information content (AvgIpc) is 2.94. The molecule has 3 rings (SSSR count). The molecule has 0 atom stereocenters. The van der Waals surface area contributed by atoms with Crippen LogP contribution in [-0.2, 0) is 0 Å². The number of anilines is 1. The van der Waals surface area contributed by atoms with Crippen LogP contribution in [-0.4, -0.2) is 17.2 Å². The number of aromatic hydroxyl groups is 1. The number of aromatic nitrogens is 1. The zero-order chi connectivity index (χ0) is 16.2. The van der Waals surface area contributed by atoms with Gasteiger partial charge in [0.15, 0.2) is 11.5 Å². The molecule has 0 aliphatic heterocycles. The van der Waals surface area contributed by atoms with Crippen molar-refractivity contribution in [3.8, 4) is 11.5 Å². The van der Waals surface area contributed by atoms with Gasteiger partial charge in [0.25, 0.3) is 0 Å². The molecule has 0 saturated carbocycles. The number of fused-ring (bicyclic) bond motifs is 1. The van der Waals surface area contributed by atoms with Gasteiger partial charge in [-0.1, -0.05) is 30.4 Å². The number of phenols is 1. The number of ether oxygens (including phenoxy) is 1. The van der Waals surface area contributed by atoms with Gasteiger partial charge in [-0.05, 0) is 23.8 Å². The Kier molecular flexibility index (Phi) is 4.30. The number of nitrogens with two attached hydrogens (primary N) is 1. The lowest BCUT2D eigenvalue weighted by atomic mass is 10.2. The van der Waals surface area contributed by atoms with Crippen LogP contribution in [0.2, 0.25) is 0 Å². The maximum absolute atomic E-state index is 9.78. The molecule has 1 aromatic heterocycles. The summed E-state index contributed by atoms with van der Waals surface area (Å²) in [7, 11) is 1.53. The summed E-state index contributed by atoms with van der Waals surface area (Å²) in [6.45, 7) is 0. The Morgan fingerprint density at radius 2 is 1.87 bits per heavy atom. The SMILES string of the molecule is COc1cc2sc(/C=C/C=C/c3ccc(N)cc3)nc2cc1O. The highest BCUT2D eigenvalue weighted by atomic mass is 32.1. The van der Waals surface area contributed by atoms with E-state index in [9.17, 15) is 5.11 Å². The van der Waals surface area contributed by atoms with Gasteiger partial charge in [-0.2, -0.15) is 0 Å². The van der Waals surface area contributed by atoms with Crippen molar-refractivity contribution in [2.75, 3.05) is 12.8 Å². The molecule has 1 heterocycles. The molecule has 4 nitrogen and oxygen atoms in total. The van der Waals surface area contributed by atoms with E-state index in [4.69, 9.17) is 10.5 Å². The monoisotopic (exact) mass is 324 g/mol. The van der Waals surface area contributed by atoms with E-state index in [0.717, 1.165) is 26.5 Å². The van der Waals surface area contributed by atoms with Gasteiger partial charge in [-0.3, -0.25) is 0 Å². The van der Waals surface area contributed by atoms with Crippen molar-refractivity contribution >= 4 is 39.4 Å². The van der Waals surface area contributed by atoms with Crippen LogP contribution in [0.15, 0.2) is 48.6 Å². The second-order valence-corrected chi connectivity index (χ2v) is 5.99. The maximum atomic E-state index is 9.78. The van der Waals surface area contributed by atoms with Crippen LogP contribution in [0.3, 0.4) is 0 Å². The molecule has 0 spiro atoms. The first kappa shape index (κ1) is 15.1. The summed E-state index contributed by atoms with van der Waals surface area (Å²) in [5.74, 6) is 0.559. The number of methoxy groups -OCH3 is 1. The standard InChI is InChI=1S/C18H16N2O2S/c1-22-16-11-17-14(10-15(16)21)20-18(23-17)5-3-2-4-12-6-8-13(19)9-7-12/h2-11,21H,19H2,1H3/b4-2+,5-3+. The summed E-state index contributed by atoms with van der Waals surface area (Å²) in [5.41, 5.74) is 8.25. The van der Waals surface area contributed by atoms with Crippen molar-refractivity contribution in [2.45, 2.75) is 0 Å². The summed E-state index contributed by atoms with van der Waals surface area (Å²) in [6.07, 6.45) is 7.82. The topological polar surface area (TPSA) is 68.4 Å². The minimum atomic E-state index is 0.101. The van der Waals surface area contributed by atoms with Crippen LogP contribution in [0, 0.1) is 0 Å². The van der Waals surface area contributed by atoms with E-state index in [1.165, 1.54) is 7.11 Å². The van der Waals surface area contributed by atoms with E-state index in [-0.39, 0.29) is 5.75 Å². The van der Waals surface area contributed by atoms with E-state index in [2.05, 4.69) is 4.98 Å². The van der Waals surface area contributed by atoms with Gasteiger partial charge in [0.1, 0.15) is 5.01 Å². The quantitative estimate of drug-likeness (QED) is 0.554. The zero-order valence-corrected chi connectivity index (χ0v) is 13.4. The molecular weight excluding hydrogens is 308 g/mol. The third-order valence-corrected chi connectivity index (χ3v) is 4.26. The highest BCUT2D eigenvalue weighted by Crippen LogP contribution is 2.34. The fraction of sp³-hybridized carbons (Fsp3) is 0.0556. The van der Waals surface area contributed by atoms with Gasteiger partial charge < -0.3 is 15.6 Å². The Labute approximate surface area is 138 Å². The lowest BCUT2D eigenvalue weighted by Gasteiger charge is -2.01. The van der Waals surface area contributed by atoms with Crippen LogP contribution in [0.4, 0.5) is 5.69 Å². The van der Waals surface area contributed by atoms with Crippen molar-refractivity contribution in [1.29, 1.82) is 0 Å². The Morgan fingerprint density at radius 3 is 2.61 bits per heavy atom. The smallest absolute Gasteiger partial charge is 0.162 e. The second-order valence-electron chi connectivity index (χ2n) is 4.93. The molecule has 2 aromatic carbocycles. The minimum Gasteiger partial charge on any atom is -0.504 e. The third kappa shape index (κ3) is 3.52. The molecule has 0 bridgehead atoms. The van der Waals surface area contributed by atoms with Crippen molar-refractivity contribution < 1.29 is 9.84 Å². The van der Waals surface area contributed by atoms with E-state index in [1.807, 2.05) is 48.6 Å². The fourth-order valence-electron chi connectivity index (χ4n) is 2.11. The number of hydrogen-bond acceptors (Lipinski definition) is 5. The number of nitrogen functional groups attached to an aromatic ring is 1. The molecule has 23 heavy (non-hydrogen) atoms. The summed E-state index contributed by atoms with van der Waals surface area (Å²) in [4.78, 5) is 4.47. The molecule has 3 N–H and O–H groups in total. The Hall–Kier alpha value is -2.79. The first-order valence-corrected chi connectivity index (χ1v) is 7.85. The molecule has 0 saturated heterocycles. The molecule has 0 radical (unpaired) electrons. The molecular formula is C18H16N2O2S. The molecule has 116 valence electrons. The van der Waals surface area contributed by atoms with Crippen LogP contribution in [0.1, 0.15) is 10.6 Å². The summed E-state index contributed by atoms with van der Waals surface area (Å²) in [6, 6.07) is 11.1. The first-order valence-electron chi connectivity index (χ1n) is 7.03. The van der Waals surface area contributed by atoms with Gasteiger partial charge in [0, 0.05) is 17.8 Å². The van der Waals surface area contributed by atoms with Crippen LogP contribution < -0.4 is 10.5 Å². The van der Waals surface area contributed by atoms with Crippen molar-refractivity contribution in [2.24, 2.45) is 0 Å². The molecule has 0 amide bonds. The Bertz CT molecular complexity index is 880. The molecule has 3 aromatic rings. The summed E-state index contributed by atoms with van der Waals surface area (Å²) < 4.78 is 6.08. The summed E-state index contributed by atoms with van der Waals surface area (Å²) in [5, 5.41) is 10.6. The Morgan fingerprint density at radius 1 is 1.13 bits per heavy atom. The molecule has 0 aliphatic rings. The van der Waals surface area contributed by atoms with Gasteiger partial charge in [-0.15, -0.1) is 11.3 Å². The van der Waals surface area contributed by atoms with E-state index >= 15 is 0 Å². The lowest BCUT2D eigenvalue weighted by molar-refractivity contribution is 0.374. The van der Waals surface area contributed by atoms with E-state index in [0.29, 0.717) is 5.75 Å². The van der Waals surface area contributed by atoms with Crippen molar-refractivity contribution in [3.63, 3.8) is 0 Å². The van der Waals surface area contributed by atoms with Crippen LogP contribution in [0.5, 0.6) is 11.5 Å².